The zero-order chi connectivity index (χ0) is 14.0. The second-order valence-electron chi connectivity index (χ2n) is 4.29. The second-order valence-corrected chi connectivity index (χ2v) is 4.70. The molecule has 1 heterocycles. The molecule has 0 spiro atoms. The van der Waals surface area contributed by atoms with E-state index in [1.807, 2.05) is 12.1 Å². The summed E-state index contributed by atoms with van der Waals surface area (Å²) in [6.07, 6.45) is 1.63. The van der Waals surface area contributed by atoms with Crippen LogP contribution < -0.4 is 11.1 Å². The fourth-order valence-electron chi connectivity index (χ4n) is 1.63. The van der Waals surface area contributed by atoms with Crippen molar-refractivity contribution in [3.8, 4) is 0 Å². The van der Waals surface area contributed by atoms with Crippen LogP contribution >= 0.6 is 11.6 Å². The third-order valence-electron chi connectivity index (χ3n) is 2.85. The minimum absolute atomic E-state index is 0.197. The molecule has 3 N–H and O–H groups in total. The lowest BCUT2D eigenvalue weighted by molar-refractivity contribution is -0.119. The highest BCUT2D eigenvalue weighted by atomic mass is 35.5. The fraction of sp³-hybridized carbons (Fsp3) is 0.231. The Bertz CT molecular complexity index is 589. The number of rotatable bonds is 3. The molecule has 0 fully saturated rings. The number of nitrogens with one attached hydrogen (secondary N) is 1. The van der Waals surface area contributed by atoms with E-state index < -0.39 is 6.04 Å². The third kappa shape index (κ3) is 2.88. The van der Waals surface area contributed by atoms with Crippen LogP contribution in [0.15, 0.2) is 30.5 Å². The van der Waals surface area contributed by atoms with Gasteiger partial charge in [0, 0.05) is 6.20 Å². The predicted molar refractivity (Wildman–Crippen MR) is 76.2 cm³/mol. The van der Waals surface area contributed by atoms with Gasteiger partial charge in [0.2, 0.25) is 5.91 Å². The number of halogens is 1. The molecule has 0 saturated heterocycles. The van der Waals surface area contributed by atoms with Crippen molar-refractivity contribution in [1.82, 2.24) is 9.78 Å². The second kappa shape index (κ2) is 5.32. The lowest BCUT2D eigenvalue weighted by Gasteiger charge is -2.13. The molecule has 1 aromatic carbocycles. The van der Waals surface area contributed by atoms with Gasteiger partial charge in [-0.25, -0.2) is 0 Å². The molecule has 1 atom stereocenters. The zero-order valence-corrected chi connectivity index (χ0v) is 11.5. The van der Waals surface area contributed by atoms with Crippen molar-refractivity contribution in [2.75, 3.05) is 11.1 Å². The van der Waals surface area contributed by atoms with Gasteiger partial charge in [-0.05, 0) is 26.0 Å². The molecule has 1 unspecified atom stereocenters. The van der Waals surface area contributed by atoms with Gasteiger partial charge in [0.15, 0.2) is 0 Å². The Morgan fingerprint density at radius 2 is 2.16 bits per heavy atom. The minimum Gasteiger partial charge on any atom is -0.397 e. The third-order valence-corrected chi connectivity index (χ3v) is 3.22. The van der Waals surface area contributed by atoms with Crippen molar-refractivity contribution in [3.63, 3.8) is 0 Å². The van der Waals surface area contributed by atoms with Gasteiger partial charge >= 0.3 is 0 Å². The van der Waals surface area contributed by atoms with E-state index in [9.17, 15) is 4.79 Å². The fourth-order valence-corrected chi connectivity index (χ4v) is 1.76. The first-order valence-corrected chi connectivity index (χ1v) is 6.23. The summed E-state index contributed by atoms with van der Waals surface area (Å²) in [6, 6.07) is 6.64. The van der Waals surface area contributed by atoms with E-state index in [0.717, 1.165) is 0 Å². The van der Waals surface area contributed by atoms with Gasteiger partial charge in [-0.1, -0.05) is 23.7 Å². The normalized spacial score (nSPS) is 12.2. The number of aromatic nitrogens is 2. The van der Waals surface area contributed by atoms with Crippen LogP contribution in [-0.2, 0) is 4.79 Å². The van der Waals surface area contributed by atoms with Crippen molar-refractivity contribution in [1.29, 1.82) is 0 Å². The molecule has 1 aromatic heterocycles. The Kier molecular flexibility index (Phi) is 3.76. The summed E-state index contributed by atoms with van der Waals surface area (Å²) in [4.78, 5) is 12.1. The van der Waals surface area contributed by atoms with Crippen molar-refractivity contribution in [2.45, 2.75) is 19.9 Å². The number of aryl methyl sites for hydroxylation is 1. The van der Waals surface area contributed by atoms with E-state index >= 15 is 0 Å². The highest BCUT2D eigenvalue weighted by molar-refractivity contribution is 6.31. The summed E-state index contributed by atoms with van der Waals surface area (Å²) in [5, 5.41) is 7.50. The number of para-hydroxylation sites is 2. The number of nitrogens with zero attached hydrogens (tertiary/aromatic N) is 2. The quantitative estimate of drug-likeness (QED) is 0.848. The molecule has 19 heavy (non-hydrogen) atoms. The van der Waals surface area contributed by atoms with E-state index in [0.29, 0.717) is 22.1 Å². The predicted octanol–water partition coefficient (Wildman–Crippen LogP) is 2.63. The number of carbonyl (C=O) groups excluding carboxylic acids is 1. The lowest BCUT2D eigenvalue weighted by Crippen LogP contribution is -2.24. The Morgan fingerprint density at radius 1 is 1.47 bits per heavy atom. The SMILES string of the molecule is Cc1nn(C(C)C(=O)Nc2ccccc2N)cc1Cl. The van der Waals surface area contributed by atoms with Crippen LogP contribution in [0.25, 0.3) is 0 Å². The number of hydrogen-bond acceptors (Lipinski definition) is 3. The summed E-state index contributed by atoms with van der Waals surface area (Å²) in [5.74, 6) is -0.197. The van der Waals surface area contributed by atoms with E-state index in [1.165, 1.54) is 4.68 Å². The molecule has 0 aliphatic heterocycles. The Balaban J connectivity index is 2.14. The number of nitrogens with two attached hydrogens (primary N) is 1. The van der Waals surface area contributed by atoms with Crippen molar-refractivity contribution >= 4 is 28.9 Å². The molecule has 5 nitrogen and oxygen atoms in total. The maximum atomic E-state index is 12.1. The van der Waals surface area contributed by atoms with Crippen LogP contribution in [0.3, 0.4) is 0 Å². The van der Waals surface area contributed by atoms with Gasteiger partial charge < -0.3 is 11.1 Å². The minimum atomic E-state index is -0.467. The van der Waals surface area contributed by atoms with E-state index in [-0.39, 0.29) is 5.91 Å². The molecule has 0 aliphatic rings. The Hall–Kier alpha value is -2.01. The maximum absolute atomic E-state index is 12.1. The number of benzene rings is 1. The van der Waals surface area contributed by atoms with Gasteiger partial charge in [0.25, 0.3) is 0 Å². The van der Waals surface area contributed by atoms with Crippen LogP contribution in [0.4, 0.5) is 11.4 Å². The van der Waals surface area contributed by atoms with Crippen LogP contribution in [0.1, 0.15) is 18.7 Å². The summed E-state index contributed by atoms with van der Waals surface area (Å²) in [6.45, 7) is 3.54. The number of anilines is 2. The summed E-state index contributed by atoms with van der Waals surface area (Å²) in [7, 11) is 0. The zero-order valence-electron chi connectivity index (χ0n) is 10.7. The molecule has 0 aliphatic carbocycles. The molecule has 0 bridgehead atoms. The Labute approximate surface area is 116 Å². The van der Waals surface area contributed by atoms with Gasteiger partial charge in [-0.3, -0.25) is 9.48 Å². The van der Waals surface area contributed by atoms with E-state index in [4.69, 9.17) is 17.3 Å². The number of carbonyl (C=O) groups is 1. The van der Waals surface area contributed by atoms with Gasteiger partial charge in [0.05, 0.1) is 22.1 Å². The molecule has 1 amide bonds. The number of amides is 1. The average molecular weight is 279 g/mol. The first-order valence-electron chi connectivity index (χ1n) is 5.85. The molecule has 2 rings (SSSR count). The standard InChI is InChI=1S/C13H15ClN4O/c1-8-10(14)7-18(17-8)9(2)13(19)16-12-6-4-3-5-11(12)15/h3-7,9H,15H2,1-2H3,(H,16,19). The van der Waals surface area contributed by atoms with E-state index in [1.54, 1.807) is 32.2 Å². The van der Waals surface area contributed by atoms with Gasteiger partial charge in [-0.2, -0.15) is 5.10 Å². The van der Waals surface area contributed by atoms with Gasteiger partial charge in [-0.15, -0.1) is 0 Å². The van der Waals surface area contributed by atoms with Crippen molar-refractivity contribution in [3.05, 3.63) is 41.2 Å². The largest absolute Gasteiger partial charge is 0.397 e. The molecule has 0 radical (unpaired) electrons. The molecule has 100 valence electrons. The summed E-state index contributed by atoms with van der Waals surface area (Å²) >= 11 is 5.93. The molecular weight excluding hydrogens is 264 g/mol. The molecule has 6 heteroatoms. The average Bonchev–Trinajstić information content (AvgIpc) is 2.71. The van der Waals surface area contributed by atoms with Gasteiger partial charge in [0.1, 0.15) is 6.04 Å². The first-order chi connectivity index (χ1) is 8.99. The van der Waals surface area contributed by atoms with Crippen LogP contribution in [0.5, 0.6) is 0 Å². The van der Waals surface area contributed by atoms with Crippen LogP contribution in [0.2, 0.25) is 5.02 Å². The van der Waals surface area contributed by atoms with Crippen molar-refractivity contribution in [2.24, 2.45) is 0 Å². The highest BCUT2D eigenvalue weighted by Gasteiger charge is 2.17. The molecular formula is C13H15ClN4O. The first kappa shape index (κ1) is 13.4. The number of hydrogen-bond donors (Lipinski definition) is 2. The molecule has 0 saturated carbocycles. The topological polar surface area (TPSA) is 72.9 Å². The maximum Gasteiger partial charge on any atom is 0.249 e. The van der Waals surface area contributed by atoms with Crippen LogP contribution in [0, 0.1) is 6.92 Å². The highest BCUT2D eigenvalue weighted by Crippen LogP contribution is 2.20. The Morgan fingerprint density at radius 3 is 2.74 bits per heavy atom. The van der Waals surface area contributed by atoms with E-state index in [2.05, 4.69) is 10.4 Å². The van der Waals surface area contributed by atoms with Crippen LogP contribution in [-0.4, -0.2) is 15.7 Å². The monoisotopic (exact) mass is 278 g/mol. The summed E-state index contributed by atoms with van der Waals surface area (Å²) < 4.78 is 1.53. The lowest BCUT2D eigenvalue weighted by atomic mass is 10.2. The molecule has 2 aromatic rings. The number of nitrogen functional groups attached to an aromatic ring is 1. The summed E-state index contributed by atoms with van der Waals surface area (Å²) in [5.41, 5.74) is 7.59. The van der Waals surface area contributed by atoms with Crippen molar-refractivity contribution < 1.29 is 4.79 Å². The smallest absolute Gasteiger partial charge is 0.249 e.